The normalized spacial score (nSPS) is 20.3. The zero-order chi connectivity index (χ0) is 19.2. The fourth-order valence-electron chi connectivity index (χ4n) is 3.79. The molecule has 0 unspecified atom stereocenters. The Morgan fingerprint density at radius 3 is 1.74 bits per heavy atom. The van der Waals surface area contributed by atoms with Crippen molar-refractivity contribution in [2.24, 2.45) is 0 Å². The van der Waals surface area contributed by atoms with Crippen LogP contribution in [0.2, 0.25) is 0 Å². The molecular formula is C20H25N5S2. The van der Waals surface area contributed by atoms with Crippen molar-refractivity contribution in [3.63, 3.8) is 0 Å². The highest BCUT2D eigenvalue weighted by Crippen LogP contribution is 2.47. The minimum Gasteiger partial charge on any atom is -0.375 e. The Kier molecular flexibility index (Phi) is 4.60. The SMILES string of the molecule is CC(C)(C)c1ccc(N2[C@H](c3csc(N)n3)CC[C@H]2c2csc(N)n2)cc1. The third kappa shape index (κ3) is 3.53. The first-order valence-electron chi connectivity index (χ1n) is 9.13. The van der Waals surface area contributed by atoms with Crippen LogP contribution in [-0.4, -0.2) is 9.97 Å². The van der Waals surface area contributed by atoms with E-state index in [1.807, 2.05) is 0 Å². The van der Waals surface area contributed by atoms with Gasteiger partial charge in [-0.15, -0.1) is 22.7 Å². The van der Waals surface area contributed by atoms with Crippen LogP contribution in [0.15, 0.2) is 35.0 Å². The van der Waals surface area contributed by atoms with Crippen molar-refractivity contribution < 1.29 is 0 Å². The largest absolute Gasteiger partial charge is 0.375 e. The summed E-state index contributed by atoms with van der Waals surface area (Å²) in [5.41, 5.74) is 16.6. The average Bonchev–Trinajstić information content (AvgIpc) is 3.33. The molecule has 4 rings (SSSR count). The number of nitrogen functional groups attached to an aromatic ring is 2. The van der Waals surface area contributed by atoms with Crippen molar-refractivity contribution in [2.75, 3.05) is 16.4 Å². The first-order valence-corrected chi connectivity index (χ1v) is 10.9. The second-order valence-corrected chi connectivity index (χ2v) is 9.81. The highest BCUT2D eigenvalue weighted by Gasteiger charge is 2.38. The summed E-state index contributed by atoms with van der Waals surface area (Å²) in [5.74, 6) is 0. The Labute approximate surface area is 168 Å². The summed E-state index contributed by atoms with van der Waals surface area (Å²) in [6.45, 7) is 6.71. The molecule has 0 spiro atoms. The molecule has 1 aromatic carbocycles. The quantitative estimate of drug-likeness (QED) is 0.637. The number of anilines is 3. The van der Waals surface area contributed by atoms with E-state index >= 15 is 0 Å². The van der Waals surface area contributed by atoms with E-state index in [0.717, 1.165) is 24.2 Å². The Morgan fingerprint density at radius 2 is 1.37 bits per heavy atom. The van der Waals surface area contributed by atoms with Gasteiger partial charge in [0.25, 0.3) is 0 Å². The molecule has 1 saturated heterocycles. The van der Waals surface area contributed by atoms with Gasteiger partial charge in [-0.1, -0.05) is 32.9 Å². The Bertz CT molecular complexity index is 874. The van der Waals surface area contributed by atoms with Crippen LogP contribution in [0.1, 0.15) is 62.6 Å². The third-order valence-corrected chi connectivity index (χ3v) is 6.56. The molecule has 142 valence electrons. The van der Waals surface area contributed by atoms with E-state index in [2.05, 4.69) is 70.7 Å². The Balaban J connectivity index is 1.74. The molecule has 3 heterocycles. The number of hydrogen-bond acceptors (Lipinski definition) is 7. The van der Waals surface area contributed by atoms with Crippen LogP contribution in [0.5, 0.6) is 0 Å². The zero-order valence-electron chi connectivity index (χ0n) is 15.8. The van der Waals surface area contributed by atoms with E-state index in [-0.39, 0.29) is 17.5 Å². The minimum absolute atomic E-state index is 0.134. The number of thiazole rings is 2. The van der Waals surface area contributed by atoms with Crippen molar-refractivity contribution in [1.29, 1.82) is 0 Å². The lowest BCUT2D eigenvalue weighted by atomic mass is 9.87. The fraction of sp³-hybridized carbons (Fsp3) is 0.400. The molecule has 1 aliphatic heterocycles. The topological polar surface area (TPSA) is 81.1 Å². The van der Waals surface area contributed by atoms with Gasteiger partial charge in [-0.2, -0.15) is 0 Å². The molecule has 1 fully saturated rings. The van der Waals surface area contributed by atoms with Gasteiger partial charge in [0.2, 0.25) is 0 Å². The lowest BCUT2D eigenvalue weighted by molar-refractivity contribution is 0.589. The first kappa shape index (κ1) is 18.3. The van der Waals surface area contributed by atoms with E-state index in [9.17, 15) is 0 Å². The van der Waals surface area contributed by atoms with E-state index < -0.39 is 0 Å². The third-order valence-electron chi connectivity index (χ3n) is 5.18. The number of hydrogen-bond donors (Lipinski definition) is 2. The van der Waals surface area contributed by atoms with E-state index in [1.165, 1.54) is 33.9 Å². The molecule has 0 saturated carbocycles. The predicted molar refractivity (Wildman–Crippen MR) is 115 cm³/mol. The van der Waals surface area contributed by atoms with Crippen LogP contribution >= 0.6 is 22.7 Å². The summed E-state index contributed by atoms with van der Waals surface area (Å²) in [5, 5.41) is 5.39. The first-order chi connectivity index (χ1) is 12.8. The molecular weight excluding hydrogens is 374 g/mol. The fourth-order valence-corrected chi connectivity index (χ4v) is 5.01. The summed E-state index contributed by atoms with van der Waals surface area (Å²) >= 11 is 3.00. The van der Waals surface area contributed by atoms with E-state index in [1.54, 1.807) is 0 Å². The molecule has 5 nitrogen and oxygen atoms in total. The summed E-state index contributed by atoms with van der Waals surface area (Å²) in [6.07, 6.45) is 2.04. The summed E-state index contributed by atoms with van der Waals surface area (Å²) < 4.78 is 0. The van der Waals surface area contributed by atoms with Crippen molar-refractivity contribution in [1.82, 2.24) is 9.97 Å². The molecule has 0 radical (unpaired) electrons. The highest BCUT2D eigenvalue weighted by molar-refractivity contribution is 7.13. The van der Waals surface area contributed by atoms with Gasteiger partial charge in [0.15, 0.2) is 10.3 Å². The summed E-state index contributed by atoms with van der Waals surface area (Å²) in [4.78, 5) is 11.6. The molecule has 2 aromatic heterocycles. The van der Waals surface area contributed by atoms with Gasteiger partial charge >= 0.3 is 0 Å². The van der Waals surface area contributed by atoms with Gasteiger partial charge in [0.05, 0.1) is 23.5 Å². The van der Waals surface area contributed by atoms with Gasteiger partial charge in [-0.25, -0.2) is 9.97 Å². The summed E-state index contributed by atoms with van der Waals surface area (Å²) in [6, 6.07) is 9.30. The smallest absolute Gasteiger partial charge is 0.180 e. The zero-order valence-corrected chi connectivity index (χ0v) is 17.5. The molecule has 7 heteroatoms. The van der Waals surface area contributed by atoms with E-state index in [0.29, 0.717) is 10.3 Å². The maximum atomic E-state index is 5.91. The number of nitrogens with two attached hydrogens (primary N) is 2. The maximum Gasteiger partial charge on any atom is 0.180 e. The van der Waals surface area contributed by atoms with Gasteiger partial charge in [0.1, 0.15) is 0 Å². The predicted octanol–water partition coefficient (Wildman–Crippen LogP) is 5.14. The lowest BCUT2D eigenvalue weighted by Gasteiger charge is -2.32. The number of aromatic nitrogens is 2. The molecule has 0 aliphatic carbocycles. The molecule has 3 aromatic rings. The van der Waals surface area contributed by atoms with Gasteiger partial charge in [-0.3, -0.25) is 0 Å². The molecule has 2 atom stereocenters. The standard InChI is InChI=1S/C20H25N5S2/c1-20(2,3)12-4-6-13(7-5-12)25-16(14-10-26-18(21)23-14)8-9-17(25)15-11-27-19(22)24-15/h4-7,10-11,16-17H,8-9H2,1-3H3,(H2,21,23)(H2,22,24)/t16-,17-/m0/s1. The van der Waals surface area contributed by atoms with Crippen LogP contribution < -0.4 is 16.4 Å². The summed E-state index contributed by atoms with van der Waals surface area (Å²) in [7, 11) is 0. The van der Waals surface area contributed by atoms with E-state index in [4.69, 9.17) is 11.5 Å². The van der Waals surface area contributed by atoms with Crippen molar-refractivity contribution in [2.45, 2.75) is 51.1 Å². The highest BCUT2D eigenvalue weighted by atomic mass is 32.1. The van der Waals surface area contributed by atoms with Gasteiger partial charge in [0, 0.05) is 16.4 Å². The lowest BCUT2D eigenvalue weighted by Crippen LogP contribution is -2.26. The molecule has 4 N–H and O–H groups in total. The van der Waals surface area contributed by atoms with Crippen LogP contribution in [0.25, 0.3) is 0 Å². The monoisotopic (exact) mass is 399 g/mol. The molecule has 27 heavy (non-hydrogen) atoms. The molecule has 0 bridgehead atoms. The number of nitrogens with zero attached hydrogens (tertiary/aromatic N) is 3. The number of rotatable bonds is 3. The van der Waals surface area contributed by atoms with Crippen LogP contribution in [0.3, 0.4) is 0 Å². The van der Waals surface area contributed by atoms with Gasteiger partial charge < -0.3 is 16.4 Å². The van der Waals surface area contributed by atoms with Crippen LogP contribution in [-0.2, 0) is 5.41 Å². The molecule has 1 aliphatic rings. The van der Waals surface area contributed by atoms with Crippen molar-refractivity contribution in [3.05, 3.63) is 52.0 Å². The van der Waals surface area contributed by atoms with Crippen molar-refractivity contribution >= 4 is 38.6 Å². The molecule has 0 amide bonds. The Morgan fingerprint density at radius 1 is 0.889 bits per heavy atom. The van der Waals surface area contributed by atoms with Crippen molar-refractivity contribution in [3.8, 4) is 0 Å². The van der Waals surface area contributed by atoms with Crippen LogP contribution in [0, 0.1) is 0 Å². The second kappa shape index (κ2) is 6.80. The second-order valence-electron chi connectivity index (χ2n) is 8.03. The average molecular weight is 400 g/mol. The van der Waals surface area contributed by atoms with Gasteiger partial charge in [-0.05, 0) is 36.0 Å². The van der Waals surface area contributed by atoms with Crippen LogP contribution in [0.4, 0.5) is 16.0 Å². The maximum absolute atomic E-state index is 5.91. The number of benzene rings is 1. The minimum atomic E-state index is 0.134. The Hall–Kier alpha value is -2.12.